The van der Waals surface area contributed by atoms with Crippen LogP contribution in [0.25, 0.3) is 0 Å². The van der Waals surface area contributed by atoms with E-state index in [0.29, 0.717) is 0 Å². The van der Waals surface area contributed by atoms with Gasteiger partial charge in [-0.15, -0.1) is 0 Å². The van der Waals surface area contributed by atoms with Crippen LogP contribution in [0.5, 0.6) is 0 Å². The maximum atomic E-state index is 9.83. The van der Waals surface area contributed by atoms with Crippen LogP contribution in [0.3, 0.4) is 0 Å². The number of carbonyl (C=O) groups is 1. The van der Waals surface area contributed by atoms with Gasteiger partial charge in [-0.2, -0.15) is 8.42 Å². The summed E-state index contributed by atoms with van der Waals surface area (Å²) in [5.74, 6) is 4.45. The number of hydrogen-bond donors (Lipinski definition) is 2. The Morgan fingerprint density at radius 2 is 2.12 bits per heavy atom. The van der Waals surface area contributed by atoms with Gasteiger partial charge in [0.2, 0.25) is 0 Å². The number of nitrogens with one attached hydrogen (secondary N) is 1. The van der Waals surface area contributed by atoms with Crippen molar-refractivity contribution in [2.24, 2.45) is 10.2 Å². The van der Waals surface area contributed by atoms with Crippen molar-refractivity contribution < 1.29 is 13.2 Å². The Morgan fingerprint density at radius 1 is 1.62 bits per heavy atom. The van der Waals surface area contributed by atoms with Crippen LogP contribution in [0, 0.1) is 0 Å². The van der Waals surface area contributed by atoms with Crippen molar-refractivity contribution in [2.45, 2.75) is 0 Å². The predicted molar refractivity (Wildman–Crippen MR) is 24.1 cm³/mol. The van der Waals surface area contributed by atoms with Crippen LogP contribution in [0.1, 0.15) is 0 Å². The highest BCUT2D eigenvalue weighted by Gasteiger charge is 1.88. The lowest BCUT2D eigenvalue weighted by atomic mass is 11.2. The maximum Gasteiger partial charge on any atom is 0.370 e. The van der Waals surface area contributed by atoms with Crippen LogP contribution in [0.2, 0.25) is 0 Å². The minimum atomic E-state index is -2.71. The molecule has 0 aromatic rings. The van der Waals surface area contributed by atoms with E-state index in [2.05, 4.69) is 10.2 Å². The summed E-state index contributed by atoms with van der Waals surface area (Å²) >= 11 is 0. The zero-order valence-electron chi connectivity index (χ0n) is 3.66. The first-order chi connectivity index (χ1) is 3.66. The lowest BCUT2D eigenvalue weighted by molar-refractivity contribution is 0.250. The smallest absolute Gasteiger partial charge is 0.273 e. The van der Waals surface area contributed by atoms with Gasteiger partial charge in [0.05, 0.1) is 0 Å². The fourth-order valence-electron chi connectivity index (χ4n) is 0.0940. The predicted octanol–water partition coefficient (Wildman–Crippen LogP) is -1.37. The summed E-state index contributed by atoms with van der Waals surface area (Å²) in [6.07, 6.45) is 0. The van der Waals surface area contributed by atoms with E-state index in [-0.39, 0.29) is 0 Å². The van der Waals surface area contributed by atoms with Crippen LogP contribution in [-0.2, 0) is 10.5 Å². The fraction of sp³-hybridized carbons (Fsp3) is 0. The van der Waals surface area contributed by atoms with Gasteiger partial charge in [-0.25, -0.2) is 10.6 Å². The van der Waals surface area contributed by atoms with Gasteiger partial charge in [0.25, 0.3) is 0 Å². The molecule has 0 aromatic carbocycles. The molecule has 0 saturated carbocycles. The van der Waals surface area contributed by atoms with E-state index in [9.17, 15) is 13.2 Å². The zero-order chi connectivity index (χ0) is 6.57. The quantitative estimate of drug-likeness (QED) is 0.244. The molecule has 8 heavy (non-hydrogen) atoms. The molecule has 0 bridgehead atoms. The van der Waals surface area contributed by atoms with Gasteiger partial charge in [-0.1, -0.05) is 4.36 Å². The van der Waals surface area contributed by atoms with Crippen LogP contribution in [0.15, 0.2) is 4.36 Å². The van der Waals surface area contributed by atoms with Gasteiger partial charge >= 0.3 is 16.5 Å². The maximum absolute atomic E-state index is 9.83. The highest BCUT2D eigenvalue weighted by molar-refractivity contribution is 7.62. The van der Waals surface area contributed by atoms with Gasteiger partial charge in [-0.05, 0) is 0 Å². The van der Waals surface area contributed by atoms with Crippen molar-refractivity contribution in [1.82, 2.24) is 5.43 Å². The van der Waals surface area contributed by atoms with E-state index in [4.69, 9.17) is 0 Å². The summed E-state index contributed by atoms with van der Waals surface area (Å²) in [6.45, 7) is 0. The molecule has 46 valence electrons. The Kier molecular flexibility index (Phi) is 2.74. The molecule has 0 unspecified atom stereocenters. The standard InChI is InChI=1S/CH3N3O3S/c2-3-1(5)4-8(6)7/h2H2,(H,3,5). The molecule has 7 heteroatoms. The fourth-order valence-corrected chi connectivity index (χ4v) is 0.282. The first-order valence-electron chi connectivity index (χ1n) is 1.48. The molecule has 0 aliphatic rings. The number of amides is 2. The van der Waals surface area contributed by atoms with E-state index in [1.165, 1.54) is 5.43 Å². The number of urea groups is 1. The average molecular weight is 137 g/mol. The zero-order valence-corrected chi connectivity index (χ0v) is 4.47. The van der Waals surface area contributed by atoms with Crippen LogP contribution < -0.4 is 11.3 Å². The Hall–Kier alpha value is -0.950. The lowest BCUT2D eigenvalue weighted by Gasteiger charge is -1.80. The summed E-state index contributed by atoms with van der Waals surface area (Å²) in [7, 11) is -2.71. The second kappa shape index (κ2) is 3.10. The Morgan fingerprint density at radius 3 is 2.25 bits per heavy atom. The minimum Gasteiger partial charge on any atom is -0.273 e. The Balaban J connectivity index is 4.12. The molecule has 0 aliphatic heterocycles. The van der Waals surface area contributed by atoms with E-state index in [1.807, 2.05) is 0 Å². The second-order valence-corrected chi connectivity index (χ2v) is 1.37. The Bertz CT molecular complexity index is 195. The third-order valence-electron chi connectivity index (χ3n) is 0.281. The molecule has 0 radical (unpaired) electrons. The van der Waals surface area contributed by atoms with Gasteiger partial charge in [0.15, 0.2) is 0 Å². The van der Waals surface area contributed by atoms with Gasteiger partial charge < -0.3 is 0 Å². The summed E-state index contributed by atoms with van der Waals surface area (Å²) in [5, 5.41) is 0. The van der Waals surface area contributed by atoms with Crippen molar-refractivity contribution in [3.63, 3.8) is 0 Å². The minimum absolute atomic E-state index is 1.08. The number of hydrazine groups is 1. The molecule has 0 rings (SSSR count). The molecule has 0 heterocycles. The molecule has 2 amide bonds. The lowest BCUT2D eigenvalue weighted by Crippen LogP contribution is -2.26. The third kappa shape index (κ3) is 3.25. The molecule has 0 fully saturated rings. The normalized spacial score (nSPS) is 7.62. The van der Waals surface area contributed by atoms with Gasteiger partial charge in [-0.3, -0.25) is 5.43 Å². The van der Waals surface area contributed by atoms with E-state index < -0.39 is 16.5 Å². The van der Waals surface area contributed by atoms with Crippen molar-refractivity contribution in [2.75, 3.05) is 0 Å². The number of rotatable bonds is 0. The molecular weight excluding hydrogens is 134 g/mol. The molecule has 3 N–H and O–H groups in total. The molecule has 0 aliphatic carbocycles. The summed E-state index contributed by atoms with van der Waals surface area (Å²) in [6, 6.07) is -1.08. The molecule has 0 aromatic heterocycles. The molecule has 0 spiro atoms. The Labute approximate surface area is 46.4 Å². The molecule has 6 nitrogen and oxygen atoms in total. The van der Waals surface area contributed by atoms with Crippen molar-refractivity contribution in [3.8, 4) is 0 Å². The highest BCUT2D eigenvalue weighted by Crippen LogP contribution is 1.64. The SMILES string of the molecule is NNC(=O)N=S(=O)=O. The number of nitrogens with zero attached hydrogens (tertiary/aromatic N) is 1. The number of nitrogens with two attached hydrogens (primary N) is 1. The van der Waals surface area contributed by atoms with Gasteiger partial charge in [0.1, 0.15) is 0 Å². The highest BCUT2D eigenvalue weighted by atomic mass is 32.2. The van der Waals surface area contributed by atoms with Crippen LogP contribution in [-0.4, -0.2) is 14.4 Å². The van der Waals surface area contributed by atoms with E-state index in [1.54, 1.807) is 0 Å². The van der Waals surface area contributed by atoms with Crippen LogP contribution >= 0.6 is 0 Å². The monoisotopic (exact) mass is 137 g/mol. The van der Waals surface area contributed by atoms with Crippen molar-refractivity contribution in [3.05, 3.63) is 0 Å². The second-order valence-electron chi connectivity index (χ2n) is 0.758. The first-order valence-corrected chi connectivity index (χ1v) is 2.51. The van der Waals surface area contributed by atoms with E-state index >= 15 is 0 Å². The largest absolute Gasteiger partial charge is 0.370 e. The molecule has 0 atom stereocenters. The molecular formula is CH3N3O3S. The first kappa shape index (κ1) is 7.05. The number of carbonyl (C=O) groups excluding carboxylic acids is 1. The van der Waals surface area contributed by atoms with Crippen molar-refractivity contribution in [1.29, 1.82) is 0 Å². The van der Waals surface area contributed by atoms with Crippen LogP contribution in [0.4, 0.5) is 4.79 Å². The summed E-state index contributed by atoms with van der Waals surface area (Å²) in [4.78, 5) is 9.83. The summed E-state index contributed by atoms with van der Waals surface area (Å²) < 4.78 is 21.4. The average Bonchev–Trinajstić information content (AvgIpc) is 1.65. The molecule has 0 saturated heterocycles. The van der Waals surface area contributed by atoms with E-state index in [0.717, 1.165) is 0 Å². The van der Waals surface area contributed by atoms with Gasteiger partial charge in [0, 0.05) is 0 Å². The number of hydrogen-bond acceptors (Lipinski definition) is 4. The topological polar surface area (TPSA) is 102 Å². The van der Waals surface area contributed by atoms with Crippen molar-refractivity contribution >= 4 is 16.5 Å². The summed E-state index contributed by atoms with van der Waals surface area (Å²) in [5.41, 5.74) is 1.50. The third-order valence-corrected chi connectivity index (χ3v) is 0.596.